The zero-order valence-electron chi connectivity index (χ0n) is 16.0. The van der Waals surface area contributed by atoms with Gasteiger partial charge in [-0.05, 0) is 31.0 Å². The number of amides is 1. The molecule has 1 aromatic heterocycles. The lowest BCUT2D eigenvalue weighted by molar-refractivity contribution is -0.132. The average Bonchev–Trinajstić information content (AvgIpc) is 3.11. The first-order valence-electron chi connectivity index (χ1n) is 9.90. The molecule has 2 aliphatic heterocycles. The predicted molar refractivity (Wildman–Crippen MR) is 105 cm³/mol. The van der Waals surface area contributed by atoms with Gasteiger partial charge in [0.15, 0.2) is 0 Å². The summed E-state index contributed by atoms with van der Waals surface area (Å²) in [7, 11) is 0. The lowest BCUT2D eigenvalue weighted by Gasteiger charge is -2.33. The number of nitrogens with one attached hydrogen (secondary N) is 1. The van der Waals surface area contributed by atoms with Crippen molar-refractivity contribution in [2.75, 3.05) is 31.5 Å². The maximum atomic E-state index is 13.6. The smallest absolute Gasteiger partial charge is 0.237 e. The zero-order chi connectivity index (χ0) is 20.4. The second kappa shape index (κ2) is 8.29. The van der Waals surface area contributed by atoms with E-state index >= 15 is 0 Å². The molecule has 152 valence electrons. The standard InChI is InChI=1S/C21H23F2N5O/c22-14-9-18-19(25-11-14)2-1-3-20(18)26-16-4-6-27(7-5-16)13-21(29)28-12-15(23)8-17(28)10-24/h1-3,9,11,15-17,26H,4-8,12-13H2/t15-,17-/m0/s1. The monoisotopic (exact) mass is 399 g/mol. The fourth-order valence-corrected chi connectivity index (χ4v) is 4.17. The van der Waals surface area contributed by atoms with Gasteiger partial charge in [0.05, 0.1) is 30.9 Å². The number of nitrogens with zero attached hydrogens (tertiary/aromatic N) is 4. The van der Waals surface area contributed by atoms with Gasteiger partial charge in [-0.15, -0.1) is 0 Å². The molecule has 2 aliphatic rings. The Morgan fingerprint density at radius 1 is 1.34 bits per heavy atom. The summed E-state index contributed by atoms with van der Waals surface area (Å²) in [6.07, 6.45) is 1.87. The number of likely N-dealkylation sites (tertiary alicyclic amines) is 2. The van der Waals surface area contributed by atoms with E-state index in [-0.39, 0.29) is 37.3 Å². The van der Waals surface area contributed by atoms with E-state index in [2.05, 4.69) is 10.3 Å². The number of hydrogen-bond acceptors (Lipinski definition) is 5. The number of pyridine rings is 1. The van der Waals surface area contributed by atoms with Crippen molar-refractivity contribution in [3.63, 3.8) is 0 Å². The van der Waals surface area contributed by atoms with Crippen LogP contribution in [-0.2, 0) is 4.79 Å². The van der Waals surface area contributed by atoms with Crippen LogP contribution in [0, 0.1) is 17.1 Å². The van der Waals surface area contributed by atoms with E-state index in [0.29, 0.717) is 0 Å². The molecular formula is C21H23F2N5O. The molecule has 0 saturated carbocycles. The van der Waals surface area contributed by atoms with Gasteiger partial charge in [0, 0.05) is 36.6 Å². The second-order valence-corrected chi connectivity index (χ2v) is 7.74. The molecule has 8 heteroatoms. The Balaban J connectivity index is 1.33. The van der Waals surface area contributed by atoms with Crippen LogP contribution >= 0.6 is 0 Å². The molecule has 0 spiro atoms. The second-order valence-electron chi connectivity index (χ2n) is 7.74. The largest absolute Gasteiger partial charge is 0.382 e. The van der Waals surface area contributed by atoms with Gasteiger partial charge in [-0.1, -0.05) is 6.07 Å². The van der Waals surface area contributed by atoms with Crippen LogP contribution in [0.1, 0.15) is 19.3 Å². The van der Waals surface area contributed by atoms with E-state index in [9.17, 15) is 13.6 Å². The molecule has 1 N–H and O–H groups in total. The fraction of sp³-hybridized carbons (Fsp3) is 0.476. The van der Waals surface area contributed by atoms with E-state index in [0.717, 1.165) is 42.5 Å². The van der Waals surface area contributed by atoms with Gasteiger partial charge < -0.3 is 10.2 Å². The Hall–Kier alpha value is -2.79. The number of piperidine rings is 1. The number of fused-ring (bicyclic) bond motifs is 1. The fourth-order valence-electron chi connectivity index (χ4n) is 4.17. The van der Waals surface area contributed by atoms with E-state index in [1.54, 1.807) is 0 Å². The van der Waals surface area contributed by atoms with Gasteiger partial charge in [0.1, 0.15) is 18.0 Å². The van der Waals surface area contributed by atoms with Gasteiger partial charge in [0.25, 0.3) is 0 Å². The van der Waals surface area contributed by atoms with Crippen LogP contribution in [0.25, 0.3) is 10.9 Å². The molecule has 0 radical (unpaired) electrons. The molecule has 0 bridgehead atoms. The maximum Gasteiger partial charge on any atom is 0.237 e. The molecule has 0 unspecified atom stereocenters. The zero-order valence-corrected chi connectivity index (χ0v) is 16.0. The van der Waals surface area contributed by atoms with Gasteiger partial charge in [-0.3, -0.25) is 14.7 Å². The van der Waals surface area contributed by atoms with Crippen LogP contribution < -0.4 is 5.32 Å². The number of halogens is 2. The van der Waals surface area contributed by atoms with Crippen molar-refractivity contribution in [3.05, 3.63) is 36.3 Å². The third-order valence-electron chi connectivity index (χ3n) is 5.72. The number of aromatic nitrogens is 1. The lowest BCUT2D eigenvalue weighted by atomic mass is 10.0. The molecule has 2 fully saturated rings. The summed E-state index contributed by atoms with van der Waals surface area (Å²) < 4.78 is 27.1. The maximum absolute atomic E-state index is 13.6. The van der Waals surface area contributed by atoms with Gasteiger partial charge in [-0.25, -0.2) is 8.78 Å². The highest BCUT2D eigenvalue weighted by Gasteiger charge is 2.36. The molecule has 2 saturated heterocycles. The molecule has 1 aromatic carbocycles. The Kier molecular flexibility index (Phi) is 5.58. The summed E-state index contributed by atoms with van der Waals surface area (Å²) in [6.45, 7) is 1.68. The summed E-state index contributed by atoms with van der Waals surface area (Å²) in [5.74, 6) is -0.549. The number of carbonyl (C=O) groups is 1. The number of rotatable bonds is 4. The highest BCUT2D eigenvalue weighted by Crippen LogP contribution is 2.26. The SMILES string of the molecule is N#C[C@@H]1C[C@H](F)CN1C(=O)CN1CCC(Nc2cccc3ncc(F)cc23)CC1. The molecular weight excluding hydrogens is 376 g/mol. The van der Waals surface area contributed by atoms with Crippen LogP contribution in [0.5, 0.6) is 0 Å². The first-order chi connectivity index (χ1) is 14.0. The van der Waals surface area contributed by atoms with Crippen LogP contribution in [0.3, 0.4) is 0 Å². The summed E-state index contributed by atoms with van der Waals surface area (Å²) in [4.78, 5) is 20.0. The normalized spacial score (nSPS) is 23.3. The van der Waals surface area contributed by atoms with Crippen molar-refractivity contribution in [2.45, 2.75) is 37.5 Å². The van der Waals surface area contributed by atoms with Crippen LogP contribution in [0.15, 0.2) is 30.5 Å². The minimum absolute atomic E-state index is 0.0146. The van der Waals surface area contributed by atoms with E-state index < -0.39 is 12.2 Å². The van der Waals surface area contributed by atoms with Crippen molar-refractivity contribution in [1.82, 2.24) is 14.8 Å². The van der Waals surface area contributed by atoms with Crippen LogP contribution in [0.2, 0.25) is 0 Å². The molecule has 1 amide bonds. The predicted octanol–water partition coefficient (Wildman–Crippen LogP) is 2.71. The van der Waals surface area contributed by atoms with E-state index in [1.807, 2.05) is 29.2 Å². The third kappa shape index (κ3) is 4.30. The van der Waals surface area contributed by atoms with Gasteiger partial charge in [0.2, 0.25) is 5.91 Å². The average molecular weight is 399 g/mol. The quantitative estimate of drug-likeness (QED) is 0.856. The summed E-state index contributed by atoms with van der Waals surface area (Å²) in [5.41, 5.74) is 1.59. The molecule has 2 aromatic rings. The lowest BCUT2D eigenvalue weighted by Crippen LogP contribution is -2.46. The Labute approximate surface area is 168 Å². The molecule has 3 heterocycles. The first-order valence-corrected chi connectivity index (χ1v) is 9.90. The summed E-state index contributed by atoms with van der Waals surface area (Å²) in [6, 6.07) is 8.72. The number of benzene rings is 1. The van der Waals surface area contributed by atoms with Crippen LogP contribution in [0.4, 0.5) is 14.5 Å². The summed E-state index contributed by atoms with van der Waals surface area (Å²) >= 11 is 0. The van der Waals surface area contributed by atoms with Gasteiger partial charge in [-0.2, -0.15) is 5.26 Å². The minimum atomic E-state index is -1.11. The van der Waals surface area contributed by atoms with Gasteiger partial charge >= 0.3 is 0 Å². The Morgan fingerprint density at radius 2 is 2.14 bits per heavy atom. The first kappa shape index (κ1) is 19.5. The minimum Gasteiger partial charge on any atom is -0.382 e. The number of nitriles is 1. The topological polar surface area (TPSA) is 72.3 Å². The van der Waals surface area contributed by atoms with Crippen molar-refractivity contribution in [1.29, 1.82) is 5.26 Å². The van der Waals surface area contributed by atoms with Crippen molar-refractivity contribution < 1.29 is 13.6 Å². The number of anilines is 1. The number of carbonyl (C=O) groups excluding carboxylic acids is 1. The molecule has 4 rings (SSSR count). The highest BCUT2D eigenvalue weighted by molar-refractivity contribution is 5.91. The Bertz CT molecular complexity index is 938. The Morgan fingerprint density at radius 3 is 2.90 bits per heavy atom. The van der Waals surface area contributed by atoms with E-state index in [1.165, 1.54) is 17.2 Å². The van der Waals surface area contributed by atoms with Crippen molar-refractivity contribution in [3.8, 4) is 6.07 Å². The van der Waals surface area contributed by atoms with E-state index in [4.69, 9.17) is 5.26 Å². The molecule has 29 heavy (non-hydrogen) atoms. The summed E-state index contributed by atoms with van der Waals surface area (Å²) in [5, 5.41) is 13.3. The number of alkyl halides is 1. The molecule has 0 aliphatic carbocycles. The highest BCUT2D eigenvalue weighted by atomic mass is 19.1. The third-order valence-corrected chi connectivity index (χ3v) is 5.72. The van der Waals surface area contributed by atoms with Crippen LogP contribution in [-0.4, -0.2) is 65.1 Å². The molecule has 6 nitrogen and oxygen atoms in total. The number of hydrogen-bond donors (Lipinski definition) is 1. The molecule has 2 atom stereocenters. The van der Waals surface area contributed by atoms with Crippen molar-refractivity contribution in [2.24, 2.45) is 0 Å². The van der Waals surface area contributed by atoms with Crippen molar-refractivity contribution >= 4 is 22.5 Å².